The van der Waals surface area contributed by atoms with Crippen molar-refractivity contribution in [1.82, 2.24) is 5.32 Å². The fourth-order valence-corrected chi connectivity index (χ4v) is 1.40. The molecule has 0 aliphatic heterocycles. The summed E-state index contributed by atoms with van der Waals surface area (Å²) in [7, 11) is 0. The zero-order chi connectivity index (χ0) is 10.8. The van der Waals surface area contributed by atoms with E-state index in [1.165, 1.54) is 12.8 Å². The summed E-state index contributed by atoms with van der Waals surface area (Å²) in [6, 6.07) is 0. The van der Waals surface area contributed by atoms with Crippen LogP contribution in [0.2, 0.25) is 0 Å². The molecule has 2 heteroatoms. The Labute approximate surface area is 89.4 Å². The van der Waals surface area contributed by atoms with E-state index < -0.39 is 0 Å². The average molecular weight is 201 g/mol. The van der Waals surface area contributed by atoms with E-state index in [2.05, 4.69) is 26.1 Å². The van der Waals surface area contributed by atoms with Gasteiger partial charge in [0.25, 0.3) is 0 Å². The standard InChI is InChI=1S/C12H27NO/c1-5-14-8-6-7-12(4)10-13-9-11(2)3/h11-13H,5-10H2,1-4H3. The van der Waals surface area contributed by atoms with Crippen LogP contribution in [0.1, 0.15) is 40.5 Å². The number of hydrogen-bond donors (Lipinski definition) is 1. The van der Waals surface area contributed by atoms with E-state index >= 15 is 0 Å². The van der Waals surface area contributed by atoms with Crippen molar-refractivity contribution in [1.29, 1.82) is 0 Å². The molecule has 0 aromatic rings. The van der Waals surface area contributed by atoms with E-state index in [0.717, 1.165) is 38.1 Å². The van der Waals surface area contributed by atoms with Gasteiger partial charge in [0.15, 0.2) is 0 Å². The third-order valence-electron chi connectivity index (χ3n) is 2.24. The van der Waals surface area contributed by atoms with Crippen LogP contribution in [-0.2, 0) is 4.74 Å². The lowest BCUT2D eigenvalue weighted by Crippen LogP contribution is -2.25. The Morgan fingerprint density at radius 3 is 2.43 bits per heavy atom. The van der Waals surface area contributed by atoms with Gasteiger partial charge in [-0.05, 0) is 44.7 Å². The summed E-state index contributed by atoms with van der Waals surface area (Å²) in [5.41, 5.74) is 0. The molecule has 0 bridgehead atoms. The highest BCUT2D eigenvalue weighted by Gasteiger charge is 2.01. The van der Waals surface area contributed by atoms with Gasteiger partial charge in [0.05, 0.1) is 0 Å². The molecule has 0 aromatic carbocycles. The second-order valence-corrected chi connectivity index (χ2v) is 4.50. The van der Waals surface area contributed by atoms with Crippen LogP contribution in [0.15, 0.2) is 0 Å². The molecular weight excluding hydrogens is 174 g/mol. The molecule has 0 saturated heterocycles. The highest BCUT2D eigenvalue weighted by molar-refractivity contribution is 4.58. The first-order chi connectivity index (χ1) is 6.66. The third kappa shape index (κ3) is 10.0. The molecule has 0 aromatic heterocycles. The third-order valence-corrected chi connectivity index (χ3v) is 2.24. The Morgan fingerprint density at radius 2 is 1.86 bits per heavy atom. The maximum absolute atomic E-state index is 5.31. The fourth-order valence-electron chi connectivity index (χ4n) is 1.40. The minimum absolute atomic E-state index is 0.755. The Morgan fingerprint density at radius 1 is 1.14 bits per heavy atom. The minimum Gasteiger partial charge on any atom is -0.382 e. The highest BCUT2D eigenvalue weighted by atomic mass is 16.5. The average Bonchev–Trinajstić information content (AvgIpc) is 2.12. The van der Waals surface area contributed by atoms with Crippen LogP contribution in [-0.4, -0.2) is 26.3 Å². The van der Waals surface area contributed by atoms with Gasteiger partial charge < -0.3 is 10.1 Å². The topological polar surface area (TPSA) is 21.3 Å². The van der Waals surface area contributed by atoms with Crippen LogP contribution in [0, 0.1) is 11.8 Å². The molecule has 0 amide bonds. The molecule has 0 rings (SSSR count). The van der Waals surface area contributed by atoms with Gasteiger partial charge >= 0.3 is 0 Å². The van der Waals surface area contributed by atoms with Crippen LogP contribution >= 0.6 is 0 Å². The lowest BCUT2D eigenvalue weighted by Gasteiger charge is -2.13. The van der Waals surface area contributed by atoms with E-state index in [4.69, 9.17) is 4.74 Å². The molecule has 2 nitrogen and oxygen atoms in total. The van der Waals surface area contributed by atoms with Crippen molar-refractivity contribution in [2.45, 2.75) is 40.5 Å². The molecular formula is C12H27NO. The first-order valence-electron chi connectivity index (χ1n) is 5.95. The van der Waals surface area contributed by atoms with Crippen molar-refractivity contribution in [3.8, 4) is 0 Å². The number of hydrogen-bond acceptors (Lipinski definition) is 2. The number of ether oxygens (including phenoxy) is 1. The lowest BCUT2D eigenvalue weighted by molar-refractivity contribution is 0.140. The number of rotatable bonds is 9. The largest absolute Gasteiger partial charge is 0.382 e. The zero-order valence-corrected chi connectivity index (χ0v) is 10.3. The predicted octanol–water partition coefficient (Wildman–Crippen LogP) is 2.68. The molecule has 86 valence electrons. The van der Waals surface area contributed by atoms with Crippen LogP contribution < -0.4 is 5.32 Å². The fraction of sp³-hybridized carbons (Fsp3) is 1.00. The van der Waals surface area contributed by atoms with Gasteiger partial charge in [0.1, 0.15) is 0 Å². The van der Waals surface area contributed by atoms with Gasteiger partial charge in [-0.1, -0.05) is 20.8 Å². The molecule has 1 N–H and O–H groups in total. The Hall–Kier alpha value is -0.0800. The monoisotopic (exact) mass is 201 g/mol. The summed E-state index contributed by atoms with van der Waals surface area (Å²) in [4.78, 5) is 0. The quantitative estimate of drug-likeness (QED) is 0.579. The van der Waals surface area contributed by atoms with Gasteiger partial charge in [-0.2, -0.15) is 0 Å². The molecule has 1 atom stereocenters. The Balaban J connectivity index is 3.15. The van der Waals surface area contributed by atoms with Crippen LogP contribution in [0.4, 0.5) is 0 Å². The summed E-state index contributed by atoms with van der Waals surface area (Å²) in [5, 5.41) is 3.48. The van der Waals surface area contributed by atoms with Gasteiger partial charge in [0, 0.05) is 13.2 Å². The van der Waals surface area contributed by atoms with E-state index in [-0.39, 0.29) is 0 Å². The summed E-state index contributed by atoms with van der Waals surface area (Å²) in [5.74, 6) is 1.53. The Bertz CT molecular complexity index is 115. The summed E-state index contributed by atoms with van der Waals surface area (Å²) >= 11 is 0. The lowest BCUT2D eigenvalue weighted by atomic mass is 10.1. The zero-order valence-electron chi connectivity index (χ0n) is 10.3. The van der Waals surface area contributed by atoms with E-state index in [9.17, 15) is 0 Å². The first-order valence-corrected chi connectivity index (χ1v) is 5.95. The van der Waals surface area contributed by atoms with Crippen molar-refractivity contribution in [2.75, 3.05) is 26.3 Å². The van der Waals surface area contributed by atoms with Crippen LogP contribution in [0.3, 0.4) is 0 Å². The molecule has 0 aliphatic carbocycles. The Kier molecular flexibility index (Phi) is 9.42. The van der Waals surface area contributed by atoms with Gasteiger partial charge in [-0.15, -0.1) is 0 Å². The summed E-state index contributed by atoms with van der Waals surface area (Å²) in [6.07, 6.45) is 2.46. The van der Waals surface area contributed by atoms with E-state index in [1.54, 1.807) is 0 Å². The van der Waals surface area contributed by atoms with Crippen LogP contribution in [0.5, 0.6) is 0 Å². The minimum atomic E-state index is 0.755. The van der Waals surface area contributed by atoms with Gasteiger partial charge in [-0.25, -0.2) is 0 Å². The van der Waals surface area contributed by atoms with Crippen molar-refractivity contribution in [3.05, 3.63) is 0 Å². The van der Waals surface area contributed by atoms with Crippen molar-refractivity contribution in [2.24, 2.45) is 11.8 Å². The van der Waals surface area contributed by atoms with Crippen molar-refractivity contribution in [3.63, 3.8) is 0 Å². The van der Waals surface area contributed by atoms with Crippen molar-refractivity contribution >= 4 is 0 Å². The molecule has 0 spiro atoms. The first kappa shape index (κ1) is 13.9. The normalized spacial score (nSPS) is 13.5. The molecule has 1 unspecified atom stereocenters. The molecule has 0 saturated carbocycles. The second-order valence-electron chi connectivity index (χ2n) is 4.50. The van der Waals surface area contributed by atoms with Gasteiger partial charge in [-0.3, -0.25) is 0 Å². The highest BCUT2D eigenvalue weighted by Crippen LogP contribution is 2.04. The van der Waals surface area contributed by atoms with Gasteiger partial charge in [0.2, 0.25) is 0 Å². The number of nitrogens with one attached hydrogen (secondary N) is 1. The predicted molar refractivity (Wildman–Crippen MR) is 62.6 cm³/mol. The SMILES string of the molecule is CCOCCCC(C)CNCC(C)C. The molecule has 0 aliphatic rings. The summed E-state index contributed by atoms with van der Waals surface area (Å²) < 4.78 is 5.31. The molecule has 0 radical (unpaired) electrons. The van der Waals surface area contributed by atoms with Crippen molar-refractivity contribution < 1.29 is 4.74 Å². The molecule has 14 heavy (non-hydrogen) atoms. The second kappa shape index (κ2) is 9.47. The summed E-state index contributed by atoms with van der Waals surface area (Å²) in [6.45, 7) is 12.9. The smallest absolute Gasteiger partial charge is 0.0466 e. The van der Waals surface area contributed by atoms with E-state index in [1.807, 2.05) is 6.92 Å². The molecule has 0 heterocycles. The maximum atomic E-state index is 5.31. The van der Waals surface area contributed by atoms with E-state index in [0.29, 0.717) is 0 Å². The molecule has 0 fully saturated rings. The maximum Gasteiger partial charge on any atom is 0.0466 e. The van der Waals surface area contributed by atoms with Crippen LogP contribution in [0.25, 0.3) is 0 Å².